The zero-order chi connectivity index (χ0) is 15.2. The Bertz CT molecular complexity index is 614. The number of aromatic nitrogens is 1. The second-order valence-corrected chi connectivity index (χ2v) is 5.69. The minimum absolute atomic E-state index is 0.747. The van der Waals surface area contributed by atoms with Crippen LogP contribution >= 0.6 is 11.6 Å². The summed E-state index contributed by atoms with van der Waals surface area (Å²) in [5.41, 5.74) is 2.32. The molecule has 3 rings (SSSR count). The average Bonchev–Trinajstić information content (AvgIpc) is 2.58. The van der Waals surface area contributed by atoms with Crippen molar-refractivity contribution < 1.29 is 4.74 Å². The number of nitrogens with zero attached hydrogens (tertiary/aromatic N) is 2. The first-order valence-electron chi connectivity index (χ1n) is 7.55. The third kappa shape index (κ3) is 3.77. The second kappa shape index (κ2) is 7.58. The van der Waals surface area contributed by atoms with Crippen molar-refractivity contribution in [1.82, 2.24) is 10.3 Å². The average molecular weight is 318 g/mol. The van der Waals surface area contributed by atoms with Gasteiger partial charge in [0.2, 0.25) is 0 Å². The molecule has 2 aromatic rings. The van der Waals surface area contributed by atoms with Crippen molar-refractivity contribution in [3.63, 3.8) is 0 Å². The third-order valence-corrected chi connectivity index (χ3v) is 4.14. The Balaban J connectivity index is 1.64. The van der Waals surface area contributed by atoms with Crippen LogP contribution in [0.1, 0.15) is 11.1 Å². The van der Waals surface area contributed by atoms with Gasteiger partial charge in [-0.05, 0) is 17.7 Å². The molecular formula is C17H20ClN3O. The van der Waals surface area contributed by atoms with E-state index < -0.39 is 0 Å². The molecule has 4 nitrogen and oxygen atoms in total. The van der Waals surface area contributed by atoms with E-state index in [-0.39, 0.29) is 0 Å². The summed E-state index contributed by atoms with van der Waals surface area (Å²) in [6, 6.07) is 12.0. The zero-order valence-electron chi connectivity index (χ0n) is 12.5. The van der Waals surface area contributed by atoms with E-state index in [1.807, 2.05) is 36.5 Å². The minimum Gasteiger partial charge on any atom is -0.378 e. The highest BCUT2D eigenvalue weighted by molar-refractivity contribution is 6.31. The molecule has 1 aromatic carbocycles. The van der Waals surface area contributed by atoms with E-state index in [0.29, 0.717) is 0 Å². The van der Waals surface area contributed by atoms with E-state index in [1.165, 1.54) is 5.56 Å². The fraction of sp³-hybridized carbons (Fsp3) is 0.353. The quantitative estimate of drug-likeness (QED) is 0.920. The van der Waals surface area contributed by atoms with E-state index in [1.54, 1.807) is 0 Å². The molecule has 22 heavy (non-hydrogen) atoms. The Morgan fingerprint density at radius 3 is 2.59 bits per heavy atom. The van der Waals surface area contributed by atoms with Crippen LogP contribution in [0, 0.1) is 0 Å². The lowest BCUT2D eigenvalue weighted by molar-refractivity contribution is 0.122. The van der Waals surface area contributed by atoms with Crippen LogP contribution in [0.25, 0.3) is 0 Å². The Kier molecular flexibility index (Phi) is 5.27. The number of benzene rings is 1. The molecule has 0 unspecified atom stereocenters. The summed E-state index contributed by atoms with van der Waals surface area (Å²) in [6.07, 6.45) is 1.85. The maximum atomic E-state index is 6.18. The highest BCUT2D eigenvalue weighted by Crippen LogP contribution is 2.19. The van der Waals surface area contributed by atoms with Crippen LogP contribution in [0.4, 0.5) is 5.82 Å². The third-order valence-electron chi connectivity index (χ3n) is 3.77. The van der Waals surface area contributed by atoms with Gasteiger partial charge in [-0.3, -0.25) is 0 Å². The van der Waals surface area contributed by atoms with E-state index in [4.69, 9.17) is 16.3 Å². The van der Waals surface area contributed by atoms with Crippen LogP contribution in [0.15, 0.2) is 42.6 Å². The predicted molar refractivity (Wildman–Crippen MR) is 89.3 cm³/mol. The molecule has 1 fully saturated rings. The van der Waals surface area contributed by atoms with Crippen LogP contribution in [-0.4, -0.2) is 31.3 Å². The van der Waals surface area contributed by atoms with Crippen LogP contribution in [-0.2, 0) is 17.8 Å². The van der Waals surface area contributed by atoms with Gasteiger partial charge < -0.3 is 15.0 Å². The lowest BCUT2D eigenvalue weighted by Gasteiger charge is -2.29. The first kappa shape index (κ1) is 15.3. The smallest absolute Gasteiger partial charge is 0.133 e. The Morgan fingerprint density at radius 2 is 1.77 bits per heavy atom. The number of ether oxygens (including phenoxy) is 1. The van der Waals surface area contributed by atoms with Gasteiger partial charge in [0.1, 0.15) is 5.82 Å². The highest BCUT2D eigenvalue weighted by Gasteiger charge is 2.15. The van der Waals surface area contributed by atoms with Crippen LogP contribution < -0.4 is 10.2 Å². The molecule has 0 bridgehead atoms. The normalized spacial score (nSPS) is 15.0. The summed E-state index contributed by atoms with van der Waals surface area (Å²) in [6.45, 7) is 4.85. The molecule has 116 valence electrons. The molecule has 0 aliphatic carbocycles. The fourth-order valence-electron chi connectivity index (χ4n) is 2.60. The molecule has 1 aliphatic rings. The number of morpholine rings is 1. The van der Waals surface area contributed by atoms with E-state index in [9.17, 15) is 0 Å². The number of anilines is 1. The van der Waals surface area contributed by atoms with Crippen molar-refractivity contribution in [2.75, 3.05) is 31.2 Å². The molecule has 2 heterocycles. The number of pyridine rings is 1. The zero-order valence-corrected chi connectivity index (χ0v) is 13.2. The fourth-order valence-corrected chi connectivity index (χ4v) is 2.80. The number of hydrogen-bond donors (Lipinski definition) is 1. The Hall–Kier alpha value is -1.62. The number of rotatable bonds is 5. The van der Waals surface area contributed by atoms with Crippen LogP contribution in [0.3, 0.4) is 0 Å². The molecule has 0 amide bonds. The van der Waals surface area contributed by atoms with Crippen molar-refractivity contribution in [3.05, 3.63) is 58.7 Å². The van der Waals surface area contributed by atoms with Gasteiger partial charge in [0.05, 0.1) is 13.2 Å². The Morgan fingerprint density at radius 1 is 1.05 bits per heavy atom. The lowest BCUT2D eigenvalue weighted by atomic mass is 10.2. The minimum atomic E-state index is 0.747. The van der Waals surface area contributed by atoms with Gasteiger partial charge in [-0.2, -0.15) is 0 Å². The molecule has 1 saturated heterocycles. The SMILES string of the molecule is Clc1ccccc1CNCc1cccnc1N1CCOCC1. The summed E-state index contributed by atoms with van der Waals surface area (Å²) >= 11 is 6.18. The van der Waals surface area contributed by atoms with Crippen molar-refractivity contribution in [3.8, 4) is 0 Å². The molecule has 0 atom stereocenters. The van der Waals surface area contributed by atoms with Crippen LogP contribution in [0.5, 0.6) is 0 Å². The lowest BCUT2D eigenvalue weighted by Crippen LogP contribution is -2.37. The monoisotopic (exact) mass is 317 g/mol. The van der Waals surface area contributed by atoms with Gasteiger partial charge in [-0.1, -0.05) is 35.9 Å². The molecule has 0 saturated carbocycles. The topological polar surface area (TPSA) is 37.4 Å². The van der Waals surface area contributed by atoms with Gasteiger partial charge >= 0.3 is 0 Å². The number of hydrogen-bond acceptors (Lipinski definition) is 4. The first-order chi connectivity index (χ1) is 10.8. The summed E-state index contributed by atoms with van der Waals surface area (Å²) < 4.78 is 5.41. The number of nitrogens with one attached hydrogen (secondary N) is 1. The maximum Gasteiger partial charge on any atom is 0.133 e. The molecule has 1 aliphatic heterocycles. The summed E-state index contributed by atoms with van der Waals surface area (Å²) in [5.74, 6) is 1.05. The number of halogens is 1. The van der Waals surface area contributed by atoms with Gasteiger partial charge in [0, 0.05) is 43.0 Å². The highest BCUT2D eigenvalue weighted by atomic mass is 35.5. The largest absolute Gasteiger partial charge is 0.378 e. The molecule has 1 N–H and O–H groups in total. The van der Waals surface area contributed by atoms with E-state index in [0.717, 1.165) is 55.8 Å². The van der Waals surface area contributed by atoms with Gasteiger partial charge in [0.15, 0.2) is 0 Å². The van der Waals surface area contributed by atoms with Gasteiger partial charge in [-0.15, -0.1) is 0 Å². The molecule has 5 heteroatoms. The maximum absolute atomic E-state index is 6.18. The molecule has 1 aromatic heterocycles. The first-order valence-corrected chi connectivity index (χ1v) is 7.93. The standard InChI is InChI=1S/C17H20ClN3O/c18-16-6-2-1-4-14(16)12-19-13-15-5-3-7-20-17(15)21-8-10-22-11-9-21/h1-7,19H,8-13H2. The summed E-state index contributed by atoms with van der Waals surface area (Å²) in [7, 11) is 0. The van der Waals surface area contributed by atoms with Crippen molar-refractivity contribution in [1.29, 1.82) is 0 Å². The second-order valence-electron chi connectivity index (χ2n) is 5.28. The Labute approximate surface area is 136 Å². The van der Waals surface area contributed by atoms with Gasteiger partial charge in [0.25, 0.3) is 0 Å². The van der Waals surface area contributed by atoms with Crippen molar-refractivity contribution in [2.45, 2.75) is 13.1 Å². The van der Waals surface area contributed by atoms with Crippen molar-refractivity contribution in [2.24, 2.45) is 0 Å². The van der Waals surface area contributed by atoms with Crippen molar-refractivity contribution >= 4 is 17.4 Å². The van der Waals surface area contributed by atoms with E-state index >= 15 is 0 Å². The van der Waals surface area contributed by atoms with Gasteiger partial charge in [-0.25, -0.2) is 4.98 Å². The molecular weight excluding hydrogens is 298 g/mol. The van der Waals surface area contributed by atoms with E-state index in [2.05, 4.69) is 21.3 Å². The predicted octanol–water partition coefficient (Wildman–Crippen LogP) is 2.86. The van der Waals surface area contributed by atoms with Crippen LogP contribution in [0.2, 0.25) is 5.02 Å². The summed E-state index contributed by atoms with van der Waals surface area (Å²) in [5, 5.41) is 4.26. The summed E-state index contributed by atoms with van der Waals surface area (Å²) in [4.78, 5) is 6.84. The molecule has 0 radical (unpaired) electrons. The molecule has 0 spiro atoms.